The van der Waals surface area contributed by atoms with E-state index in [2.05, 4.69) is 11.8 Å². The van der Waals surface area contributed by atoms with Crippen LogP contribution < -0.4 is 5.73 Å². The van der Waals surface area contributed by atoms with E-state index < -0.39 is 21.4 Å². The van der Waals surface area contributed by atoms with Gasteiger partial charge in [0.2, 0.25) is 10.0 Å². The van der Waals surface area contributed by atoms with E-state index in [1.807, 2.05) is 20.8 Å². The molecule has 6 heteroatoms. The van der Waals surface area contributed by atoms with Crippen molar-refractivity contribution in [3.05, 3.63) is 29.6 Å². The third kappa shape index (κ3) is 3.82. The van der Waals surface area contributed by atoms with Crippen LogP contribution in [0.25, 0.3) is 0 Å². The number of halogens is 1. The fourth-order valence-corrected chi connectivity index (χ4v) is 3.20. The van der Waals surface area contributed by atoms with Gasteiger partial charge in [-0.25, -0.2) is 12.8 Å². The molecule has 1 aromatic rings. The SMILES string of the molecule is CCC(C)(C)N(C)S(=O)(=O)c1ccc(C#CCN)c(F)c1. The van der Waals surface area contributed by atoms with Crippen molar-refractivity contribution in [3.8, 4) is 11.8 Å². The molecule has 1 aromatic carbocycles. The van der Waals surface area contributed by atoms with Gasteiger partial charge in [-0.15, -0.1) is 0 Å². The lowest BCUT2D eigenvalue weighted by Crippen LogP contribution is -2.44. The van der Waals surface area contributed by atoms with Crippen molar-refractivity contribution >= 4 is 10.0 Å². The van der Waals surface area contributed by atoms with Crippen molar-refractivity contribution in [2.45, 2.75) is 37.6 Å². The summed E-state index contributed by atoms with van der Waals surface area (Å²) in [5.74, 6) is 4.43. The summed E-state index contributed by atoms with van der Waals surface area (Å²) in [5, 5.41) is 0. The first-order valence-electron chi connectivity index (χ1n) is 6.64. The molecule has 0 saturated heterocycles. The highest BCUT2D eigenvalue weighted by atomic mass is 32.2. The molecule has 0 fully saturated rings. The third-order valence-corrected chi connectivity index (χ3v) is 5.71. The van der Waals surface area contributed by atoms with Crippen LogP contribution in [0.5, 0.6) is 0 Å². The van der Waals surface area contributed by atoms with Gasteiger partial charge in [0.15, 0.2) is 0 Å². The van der Waals surface area contributed by atoms with Gasteiger partial charge in [0.05, 0.1) is 17.0 Å². The molecule has 2 N–H and O–H groups in total. The molecule has 0 radical (unpaired) electrons. The maximum atomic E-state index is 13.9. The third-order valence-electron chi connectivity index (χ3n) is 3.64. The molecule has 0 aliphatic rings. The summed E-state index contributed by atoms with van der Waals surface area (Å²) in [6, 6.07) is 3.72. The molecule has 1 rings (SSSR count). The van der Waals surface area contributed by atoms with Crippen molar-refractivity contribution in [2.24, 2.45) is 5.73 Å². The summed E-state index contributed by atoms with van der Waals surface area (Å²) in [7, 11) is -2.25. The van der Waals surface area contributed by atoms with Gasteiger partial charge in [-0.05, 0) is 38.5 Å². The van der Waals surface area contributed by atoms with Crippen molar-refractivity contribution in [1.29, 1.82) is 0 Å². The molecule has 0 unspecified atom stereocenters. The van der Waals surface area contributed by atoms with E-state index in [-0.39, 0.29) is 17.0 Å². The maximum absolute atomic E-state index is 13.9. The molecule has 0 atom stereocenters. The van der Waals surface area contributed by atoms with Gasteiger partial charge in [-0.3, -0.25) is 0 Å². The van der Waals surface area contributed by atoms with Crippen LogP contribution in [0.4, 0.5) is 4.39 Å². The largest absolute Gasteiger partial charge is 0.320 e. The van der Waals surface area contributed by atoms with Crippen LogP contribution in [-0.2, 0) is 10.0 Å². The van der Waals surface area contributed by atoms with Crippen LogP contribution in [0.2, 0.25) is 0 Å². The molecule has 0 aliphatic carbocycles. The number of hydrogen-bond donors (Lipinski definition) is 1. The monoisotopic (exact) mass is 312 g/mol. The van der Waals surface area contributed by atoms with E-state index in [0.29, 0.717) is 6.42 Å². The summed E-state index contributed by atoms with van der Waals surface area (Å²) in [4.78, 5) is -0.0812. The quantitative estimate of drug-likeness (QED) is 0.864. The minimum absolute atomic E-state index is 0.0812. The van der Waals surface area contributed by atoms with E-state index in [1.54, 1.807) is 0 Å². The molecule has 0 saturated carbocycles. The molecule has 0 spiro atoms. The average molecular weight is 312 g/mol. The van der Waals surface area contributed by atoms with Crippen LogP contribution in [0.3, 0.4) is 0 Å². The predicted molar refractivity (Wildman–Crippen MR) is 81.7 cm³/mol. The Hall–Kier alpha value is -1.42. The Morgan fingerprint density at radius 1 is 1.38 bits per heavy atom. The second kappa shape index (κ2) is 6.56. The number of sulfonamides is 1. The molecule has 116 valence electrons. The summed E-state index contributed by atoms with van der Waals surface area (Å²) >= 11 is 0. The van der Waals surface area contributed by atoms with Gasteiger partial charge in [0, 0.05) is 12.6 Å². The average Bonchev–Trinajstić information content (AvgIpc) is 2.44. The minimum Gasteiger partial charge on any atom is -0.320 e. The van der Waals surface area contributed by atoms with E-state index in [1.165, 1.54) is 23.5 Å². The Bertz CT molecular complexity index is 673. The zero-order chi connectivity index (χ0) is 16.3. The van der Waals surface area contributed by atoms with Crippen LogP contribution >= 0.6 is 0 Å². The van der Waals surface area contributed by atoms with Crippen LogP contribution in [-0.4, -0.2) is 31.9 Å². The molecule has 0 bridgehead atoms. The molecule has 21 heavy (non-hydrogen) atoms. The van der Waals surface area contributed by atoms with Gasteiger partial charge in [0.25, 0.3) is 0 Å². The first kappa shape index (κ1) is 17.6. The van der Waals surface area contributed by atoms with Crippen molar-refractivity contribution in [2.75, 3.05) is 13.6 Å². The fraction of sp³-hybridized carbons (Fsp3) is 0.467. The lowest BCUT2D eigenvalue weighted by atomic mass is 10.0. The number of rotatable bonds is 4. The first-order chi connectivity index (χ1) is 9.66. The lowest BCUT2D eigenvalue weighted by Gasteiger charge is -2.33. The van der Waals surface area contributed by atoms with Gasteiger partial charge in [-0.2, -0.15) is 4.31 Å². The summed E-state index contributed by atoms with van der Waals surface area (Å²) < 4.78 is 40.2. The number of nitrogens with zero attached hydrogens (tertiary/aromatic N) is 1. The Morgan fingerprint density at radius 2 is 2.00 bits per heavy atom. The zero-order valence-corrected chi connectivity index (χ0v) is 13.6. The first-order valence-corrected chi connectivity index (χ1v) is 8.08. The molecular formula is C15H21FN2O2S. The topological polar surface area (TPSA) is 63.4 Å². The maximum Gasteiger partial charge on any atom is 0.243 e. The van der Waals surface area contributed by atoms with E-state index in [9.17, 15) is 12.8 Å². The molecular weight excluding hydrogens is 291 g/mol. The zero-order valence-electron chi connectivity index (χ0n) is 12.8. The highest BCUT2D eigenvalue weighted by Crippen LogP contribution is 2.26. The number of benzene rings is 1. The second-order valence-corrected chi connectivity index (χ2v) is 7.26. The fourth-order valence-electron chi connectivity index (χ4n) is 1.61. The van der Waals surface area contributed by atoms with Crippen LogP contribution in [0.1, 0.15) is 32.8 Å². The Balaban J connectivity index is 3.25. The van der Waals surface area contributed by atoms with Crippen LogP contribution in [0.15, 0.2) is 23.1 Å². The molecule has 0 heterocycles. The van der Waals surface area contributed by atoms with E-state index >= 15 is 0 Å². The van der Waals surface area contributed by atoms with E-state index in [4.69, 9.17) is 5.73 Å². The van der Waals surface area contributed by atoms with Crippen molar-refractivity contribution in [3.63, 3.8) is 0 Å². The van der Waals surface area contributed by atoms with Crippen LogP contribution in [0, 0.1) is 17.7 Å². The Morgan fingerprint density at radius 3 is 2.48 bits per heavy atom. The predicted octanol–water partition coefficient (Wildman–Crippen LogP) is 1.95. The molecule has 0 amide bonds. The van der Waals surface area contributed by atoms with Gasteiger partial charge in [-0.1, -0.05) is 18.8 Å². The van der Waals surface area contributed by atoms with Crippen molar-refractivity contribution in [1.82, 2.24) is 4.31 Å². The minimum atomic E-state index is -3.75. The molecule has 0 aliphatic heterocycles. The summed E-state index contributed by atoms with van der Waals surface area (Å²) in [6.07, 6.45) is 0.644. The molecule has 4 nitrogen and oxygen atoms in total. The van der Waals surface area contributed by atoms with E-state index in [0.717, 1.165) is 6.07 Å². The highest BCUT2D eigenvalue weighted by Gasteiger charge is 2.32. The van der Waals surface area contributed by atoms with Gasteiger partial charge in [0.1, 0.15) is 5.82 Å². The second-order valence-electron chi connectivity index (χ2n) is 5.29. The highest BCUT2D eigenvalue weighted by molar-refractivity contribution is 7.89. The normalized spacial score (nSPS) is 12.1. The Kier molecular flexibility index (Phi) is 5.51. The standard InChI is InChI=1S/C15H21FN2O2S/c1-5-15(2,3)18(4)21(19,20)13-9-8-12(7-6-10-17)14(16)11-13/h8-9,11H,5,10,17H2,1-4H3. The number of nitrogens with two attached hydrogens (primary N) is 1. The van der Waals surface area contributed by atoms with Crippen molar-refractivity contribution < 1.29 is 12.8 Å². The summed E-state index contributed by atoms with van der Waals surface area (Å²) in [5.41, 5.74) is 4.82. The molecule has 0 aromatic heterocycles. The number of hydrogen-bond acceptors (Lipinski definition) is 3. The van der Waals surface area contributed by atoms with Gasteiger partial charge < -0.3 is 5.73 Å². The lowest BCUT2D eigenvalue weighted by molar-refractivity contribution is 0.257. The summed E-state index contributed by atoms with van der Waals surface area (Å²) in [6.45, 7) is 5.66. The van der Waals surface area contributed by atoms with Gasteiger partial charge >= 0.3 is 0 Å². The smallest absolute Gasteiger partial charge is 0.243 e. The Labute approximate surface area is 126 Å².